The van der Waals surface area contributed by atoms with Gasteiger partial charge in [0.2, 0.25) is 5.91 Å². The van der Waals surface area contributed by atoms with E-state index in [-0.39, 0.29) is 11.8 Å². The minimum atomic E-state index is -0.430. The number of hydrogen-bond acceptors (Lipinski definition) is 2. The molecule has 0 spiro atoms. The molecule has 0 radical (unpaired) electrons. The molecule has 1 unspecified atom stereocenters. The second kappa shape index (κ2) is 5.69. The Labute approximate surface area is 112 Å². The first-order valence-corrected chi connectivity index (χ1v) is 6.44. The lowest BCUT2D eigenvalue weighted by Crippen LogP contribution is -2.55. The molecule has 0 saturated carbocycles. The van der Waals surface area contributed by atoms with Gasteiger partial charge in [0, 0.05) is 0 Å². The van der Waals surface area contributed by atoms with Gasteiger partial charge in [0.1, 0.15) is 11.7 Å². The number of benzene rings is 1. The smallest absolute Gasteiger partial charge is 0.268 e. The maximum atomic E-state index is 11.9. The van der Waals surface area contributed by atoms with Crippen LogP contribution in [0.3, 0.4) is 0 Å². The molecule has 19 heavy (non-hydrogen) atoms. The summed E-state index contributed by atoms with van der Waals surface area (Å²) in [6.07, 6.45) is 2.33. The molecule has 1 aromatic rings. The van der Waals surface area contributed by atoms with Crippen LogP contribution in [0, 0.1) is 5.92 Å². The first kappa shape index (κ1) is 13.3. The van der Waals surface area contributed by atoms with Crippen LogP contribution in [0.2, 0.25) is 0 Å². The van der Waals surface area contributed by atoms with Crippen molar-refractivity contribution in [3.8, 4) is 0 Å². The van der Waals surface area contributed by atoms with E-state index < -0.39 is 6.04 Å². The van der Waals surface area contributed by atoms with Crippen LogP contribution in [0.4, 0.5) is 0 Å². The van der Waals surface area contributed by atoms with Crippen molar-refractivity contribution in [2.75, 3.05) is 0 Å². The van der Waals surface area contributed by atoms with E-state index in [1.807, 2.05) is 44.2 Å². The van der Waals surface area contributed by atoms with Crippen LogP contribution in [0.1, 0.15) is 25.8 Å². The van der Waals surface area contributed by atoms with Gasteiger partial charge in [-0.2, -0.15) is 0 Å². The van der Waals surface area contributed by atoms with E-state index in [9.17, 15) is 9.59 Å². The highest BCUT2D eigenvalue weighted by atomic mass is 16.2. The van der Waals surface area contributed by atoms with Gasteiger partial charge in [-0.1, -0.05) is 44.2 Å². The Bertz CT molecular complexity index is 506. The third-order valence-electron chi connectivity index (χ3n) is 2.94. The average molecular weight is 258 g/mol. The summed E-state index contributed by atoms with van der Waals surface area (Å²) >= 11 is 0. The zero-order valence-electron chi connectivity index (χ0n) is 11.1. The fraction of sp³-hybridized carbons (Fsp3) is 0.333. The molecule has 1 heterocycles. The Morgan fingerprint density at radius 1 is 1.21 bits per heavy atom. The highest BCUT2D eigenvalue weighted by molar-refractivity contribution is 6.07. The molecule has 1 aliphatic heterocycles. The topological polar surface area (TPSA) is 58.2 Å². The predicted molar refractivity (Wildman–Crippen MR) is 73.9 cm³/mol. The van der Waals surface area contributed by atoms with E-state index in [0.717, 1.165) is 5.56 Å². The minimum Gasteiger partial charge on any atom is -0.339 e. The molecule has 4 heteroatoms. The lowest BCUT2D eigenvalue weighted by atomic mass is 10.0. The summed E-state index contributed by atoms with van der Waals surface area (Å²) in [5, 5.41) is 5.43. The van der Waals surface area contributed by atoms with Crippen LogP contribution in [-0.4, -0.2) is 17.9 Å². The molecule has 0 bridgehead atoms. The van der Waals surface area contributed by atoms with Crippen molar-refractivity contribution >= 4 is 17.9 Å². The van der Waals surface area contributed by atoms with Gasteiger partial charge in [0.25, 0.3) is 5.91 Å². The molecule has 0 aromatic heterocycles. The summed E-state index contributed by atoms with van der Waals surface area (Å²) < 4.78 is 0. The van der Waals surface area contributed by atoms with Gasteiger partial charge in [-0.25, -0.2) is 0 Å². The van der Waals surface area contributed by atoms with Crippen molar-refractivity contribution in [1.82, 2.24) is 10.6 Å². The van der Waals surface area contributed by atoms with Crippen LogP contribution < -0.4 is 10.6 Å². The van der Waals surface area contributed by atoms with Crippen molar-refractivity contribution in [3.63, 3.8) is 0 Å². The number of piperazine rings is 1. The highest BCUT2D eigenvalue weighted by Crippen LogP contribution is 2.12. The molecule has 0 aliphatic carbocycles. The molecule has 1 aliphatic rings. The normalized spacial score (nSPS) is 21.4. The summed E-state index contributed by atoms with van der Waals surface area (Å²) in [6.45, 7) is 4.05. The third-order valence-corrected chi connectivity index (χ3v) is 2.94. The van der Waals surface area contributed by atoms with Crippen LogP contribution >= 0.6 is 0 Å². The number of hydrogen-bond donors (Lipinski definition) is 2. The summed E-state index contributed by atoms with van der Waals surface area (Å²) in [6, 6.07) is 9.01. The maximum absolute atomic E-state index is 11.9. The number of rotatable bonds is 3. The number of nitrogens with one attached hydrogen (secondary N) is 2. The molecule has 4 nitrogen and oxygen atoms in total. The largest absolute Gasteiger partial charge is 0.339 e. The molecule has 2 N–H and O–H groups in total. The van der Waals surface area contributed by atoms with Crippen molar-refractivity contribution in [2.45, 2.75) is 26.3 Å². The molecule has 1 saturated heterocycles. The molecule has 2 rings (SSSR count). The Morgan fingerprint density at radius 3 is 2.53 bits per heavy atom. The van der Waals surface area contributed by atoms with Gasteiger partial charge in [-0.15, -0.1) is 0 Å². The van der Waals surface area contributed by atoms with Crippen molar-refractivity contribution in [1.29, 1.82) is 0 Å². The fourth-order valence-electron chi connectivity index (χ4n) is 2.03. The maximum Gasteiger partial charge on any atom is 0.268 e. The molecule has 2 amide bonds. The van der Waals surface area contributed by atoms with Crippen LogP contribution in [0.25, 0.3) is 6.08 Å². The lowest BCUT2D eigenvalue weighted by Gasteiger charge is -2.26. The SMILES string of the molecule is CC(C)CC1NC(=O)/C(=C/c2ccccc2)NC1=O. The summed E-state index contributed by atoms with van der Waals surface area (Å²) in [5.41, 5.74) is 1.19. The molecule has 100 valence electrons. The third kappa shape index (κ3) is 3.44. The van der Waals surface area contributed by atoms with E-state index in [2.05, 4.69) is 10.6 Å². The minimum absolute atomic E-state index is 0.143. The second-order valence-corrected chi connectivity index (χ2v) is 5.11. The van der Waals surface area contributed by atoms with Gasteiger partial charge in [0.05, 0.1) is 0 Å². The molecule has 1 fully saturated rings. The molecular formula is C15H18N2O2. The fourth-order valence-corrected chi connectivity index (χ4v) is 2.03. The Kier molecular flexibility index (Phi) is 4.00. The van der Waals surface area contributed by atoms with Crippen molar-refractivity contribution in [2.24, 2.45) is 5.92 Å². The molecular weight excluding hydrogens is 240 g/mol. The zero-order chi connectivity index (χ0) is 13.8. The Balaban J connectivity index is 2.13. The average Bonchev–Trinajstić information content (AvgIpc) is 2.36. The summed E-state index contributed by atoms with van der Waals surface area (Å²) in [4.78, 5) is 23.9. The monoisotopic (exact) mass is 258 g/mol. The molecule has 1 atom stereocenters. The number of carbonyl (C=O) groups is 2. The van der Waals surface area contributed by atoms with Gasteiger partial charge >= 0.3 is 0 Å². The van der Waals surface area contributed by atoms with Crippen molar-refractivity contribution in [3.05, 3.63) is 41.6 Å². The van der Waals surface area contributed by atoms with E-state index in [1.165, 1.54) is 0 Å². The van der Waals surface area contributed by atoms with Gasteiger partial charge in [-0.3, -0.25) is 9.59 Å². The highest BCUT2D eigenvalue weighted by Gasteiger charge is 2.29. The Hall–Kier alpha value is -2.10. The lowest BCUT2D eigenvalue weighted by molar-refractivity contribution is -0.131. The molecule has 1 aromatic carbocycles. The van der Waals surface area contributed by atoms with E-state index in [1.54, 1.807) is 6.08 Å². The number of amides is 2. The summed E-state index contributed by atoms with van der Waals surface area (Å²) in [5.74, 6) is -0.0136. The van der Waals surface area contributed by atoms with Crippen LogP contribution in [0.5, 0.6) is 0 Å². The number of carbonyl (C=O) groups excluding carboxylic acids is 2. The van der Waals surface area contributed by atoms with Gasteiger partial charge in [0.15, 0.2) is 0 Å². The standard InChI is InChI=1S/C15H18N2O2/c1-10(2)8-12-14(18)17-13(15(19)16-12)9-11-6-4-3-5-7-11/h3-7,9-10,12H,8H2,1-2H3,(H,16,19)(H,17,18)/b13-9-. The van der Waals surface area contributed by atoms with E-state index >= 15 is 0 Å². The quantitative estimate of drug-likeness (QED) is 0.811. The van der Waals surface area contributed by atoms with E-state index in [0.29, 0.717) is 18.0 Å². The predicted octanol–water partition coefficient (Wildman–Crippen LogP) is 1.69. The first-order valence-electron chi connectivity index (χ1n) is 6.44. The zero-order valence-corrected chi connectivity index (χ0v) is 11.1. The van der Waals surface area contributed by atoms with Crippen LogP contribution in [0.15, 0.2) is 36.0 Å². The van der Waals surface area contributed by atoms with Crippen molar-refractivity contribution < 1.29 is 9.59 Å². The first-order chi connectivity index (χ1) is 9.06. The van der Waals surface area contributed by atoms with Gasteiger partial charge < -0.3 is 10.6 Å². The second-order valence-electron chi connectivity index (χ2n) is 5.11. The summed E-state index contributed by atoms with van der Waals surface area (Å²) in [7, 11) is 0. The van der Waals surface area contributed by atoms with E-state index in [4.69, 9.17) is 0 Å². The van der Waals surface area contributed by atoms with Gasteiger partial charge in [-0.05, 0) is 24.0 Å². The van der Waals surface area contributed by atoms with Crippen LogP contribution in [-0.2, 0) is 9.59 Å². The Morgan fingerprint density at radius 2 is 1.89 bits per heavy atom.